The summed E-state index contributed by atoms with van der Waals surface area (Å²) in [6, 6.07) is 6.86. The molecule has 0 fully saturated rings. The highest BCUT2D eigenvalue weighted by atomic mass is 32.2. The minimum absolute atomic E-state index is 0.0263. The van der Waals surface area contributed by atoms with Crippen LogP contribution in [0.3, 0.4) is 0 Å². The molecule has 0 saturated carbocycles. The zero-order chi connectivity index (χ0) is 13.6. The summed E-state index contributed by atoms with van der Waals surface area (Å²) >= 11 is 1.45. The van der Waals surface area contributed by atoms with Gasteiger partial charge < -0.3 is 5.73 Å². The third kappa shape index (κ3) is 5.45. The Bertz CT molecular complexity index is 535. The van der Waals surface area contributed by atoms with Gasteiger partial charge in [0, 0.05) is 16.3 Å². The molecule has 1 atom stereocenters. The van der Waals surface area contributed by atoms with Gasteiger partial charge in [0.05, 0.1) is 11.8 Å². The van der Waals surface area contributed by atoms with Crippen LogP contribution in [0.25, 0.3) is 0 Å². The van der Waals surface area contributed by atoms with Crippen molar-refractivity contribution >= 4 is 27.5 Å². The fourth-order valence-corrected chi connectivity index (χ4v) is 3.80. The highest BCUT2D eigenvalue weighted by Crippen LogP contribution is 2.20. The summed E-state index contributed by atoms with van der Waals surface area (Å²) in [5.41, 5.74) is 6.30. The number of nitrogen functional groups attached to an aromatic ring is 1. The molecule has 1 unspecified atom stereocenters. The van der Waals surface area contributed by atoms with Crippen LogP contribution in [0.15, 0.2) is 29.2 Å². The lowest BCUT2D eigenvalue weighted by Gasteiger charge is -2.08. The van der Waals surface area contributed by atoms with Gasteiger partial charge in [-0.05, 0) is 25.1 Å². The predicted molar refractivity (Wildman–Crippen MR) is 76.8 cm³/mol. The van der Waals surface area contributed by atoms with Crippen LogP contribution in [0.5, 0.6) is 0 Å². The first-order chi connectivity index (χ1) is 8.43. The maximum Gasteiger partial charge on any atom is 0.213 e. The molecule has 0 heterocycles. The first-order valence-corrected chi connectivity index (χ1v) is 8.01. The standard InChI is InChI=1S/C12H16N2O2S2/c1-3-10(2)14-18(15,16)8-7-17-12-6-4-5-11(13)9-12/h1,4-6,9-10,14H,7-8,13H2,2H3. The van der Waals surface area contributed by atoms with E-state index in [2.05, 4.69) is 10.6 Å². The molecular formula is C12H16N2O2S2. The number of thioether (sulfide) groups is 1. The third-order valence-electron chi connectivity index (χ3n) is 2.09. The van der Waals surface area contributed by atoms with E-state index < -0.39 is 16.1 Å². The summed E-state index contributed by atoms with van der Waals surface area (Å²) in [5, 5.41) is 0. The van der Waals surface area contributed by atoms with Crippen molar-refractivity contribution in [3.63, 3.8) is 0 Å². The average molecular weight is 284 g/mol. The Balaban J connectivity index is 2.45. The summed E-state index contributed by atoms with van der Waals surface area (Å²) in [6.07, 6.45) is 5.12. The molecule has 6 heteroatoms. The minimum atomic E-state index is -3.32. The zero-order valence-corrected chi connectivity index (χ0v) is 11.7. The monoisotopic (exact) mass is 284 g/mol. The van der Waals surface area contributed by atoms with Crippen molar-refractivity contribution < 1.29 is 8.42 Å². The maximum atomic E-state index is 11.6. The van der Waals surface area contributed by atoms with Crippen molar-refractivity contribution in [3.8, 4) is 12.3 Å². The number of sulfonamides is 1. The highest BCUT2D eigenvalue weighted by Gasteiger charge is 2.12. The Morgan fingerprint density at radius 1 is 1.56 bits per heavy atom. The second-order valence-corrected chi connectivity index (χ2v) is 6.79. The molecule has 0 aliphatic rings. The van der Waals surface area contributed by atoms with Gasteiger partial charge >= 0.3 is 0 Å². The fourth-order valence-electron chi connectivity index (χ4n) is 1.24. The van der Waals surface area contributed by atoms with Gasteiger partial charge in [0.1, 0.15) is 0 Å². The molecule has 0 aliphatic carbocycles. The van der Waals surface area contributed by atoms with Crippen LogP contribution < -0.4 is 10.5 Å². The Morgan fingerprint density at radius 3 is 2.89 bits per heavy atom. The predicted octanol–water partition coefficient (Wildman–Crippen LogP) is 1.30. The lowest BCUT2D eigenvalue weighted by molar-refractivity contribution is 0.579. The van der Waals surface area contributed by atoms with Crippen LogP contribution in [-0.2, 0) is 10.0 Å². The van der Waals surface area contributed by atoms with Crippen molar-refractivity contribution in [1.82, 2.24) is 4.72 Å². The Labute approximate surface area is 112 Å². The summed E-state index contributed by atoms with van der Waals surface area (Å²) in [6.45, 7) is 1.63. The molecule has 0 saturated heterocycles. The number of rotatable bonds is 6. The summed E-state index contributed by atoms with van der Waals surface area (Å²) < 4.78 is 25.6. The number of hydrogen-bond acceptors (Lipinski definition) is 4. The van der Waals surface area contributed by atoms with Gasteiger partial charge in [-0.1, -0.05) is 12.0 Å². The second-order valence-electron chi connectivity index (χ2n) is 3.75. The normalized spacial score (nSPS) is 12.9. The Kier molecular flexibility index (Phi) is 5.54. The van der Waals surface area contributed by atoms with Crippen molar-refractivity contribution in [2.45, 2.75) is 17.9 Å². The van der Waals surface area contributed by atoms with Crippen molar-refractivity contribution in [1.29, 1.82) is 0 Å². The number of hydrogen-bond donors (Lipinski definition) is 2. The summed E-state index contributed by atoms with van der Waals surface area (Å²) in [5.74, 6) is 2.80. The average Bonchev–Trinajstić information content (AvgIpc) is 2.28. The quantitative estimate of drug-likeness (QED) is 0.469. The molecule has 0 spiro atoms. The Morgan fingerprint density at radius 2 is 2.28 bits per heavy atom. The molecule has 4 nitrogen and oxygen atoms in total. The molecule has 1 aromatic rings. The van der Waals surface area contributed by atoms with Crippen LogP contribution in [0.2, 0.25) is 0 Å². The van der Waals surface area contributed by atoms with E-state index in [-0.39, 0.29) is 5.75 Å². The summed E-state index contributed by atoms with van der Waals surface area (Å²) in [4.78, 5) is 0.954. The molecule has 1 aromatic carbocycles. The van der Waals surface area contributed by atoms with E-state index in [0.717, 1.165) is 4.90 Å². The second kappa shape index (κ2) is 6.69. The van der Waals surface area contributed by atoms with E-state index >= 15 is 0 Å². The third-order valence-corrected chi connectivity index (χ3v) is 4.79. The molecule has 0 amide bonds. The van der Waals surface area contributed by atoms with Gasteiger partial charge in [-0.15, -0.1) is 18.2 Å². The van der Waals surface area contributed by atoms with Gasteiger partial charge in [-0.3, -0.25) is 0 Å². The van der Waals surface area contributed by atoms with E-state index in [1.54, 1.807) is 13.0 Å². The smallest absolute Gasteiger partial charge is 0.213 e. The van der Waals surface area contributed by atoms with Gasteiger partial charge in [-0.25, -0.2) is 13.1 Å². The molecule has 0 aromatic heterocycles. The minimum Gasteiger partial charge on any atom is -0.399 e. The summed E-state index contributed by atoms with van der Waals surface area (Å²) in [7, 11) is -3.32. The van der Waals surface area contributed by atoms with Crippen LogP contribution in [0.1, 0.15) is 6.92 Å². The van der Waals surface area contributed by atoms with Crippen molar-refractivity contribution in [3.05, 3.63) is 24.3 Å². The molecule has 0 radical (unpaired) electrons. The highest BCUT2D eigenvalue weighted by molar-refractivity contribution is 8.00. The van der Waals surface area contributed by atoms with E-state index in [4.69, 9.17) is 12.2 Å². The van der Waals surface area contributed by atoms with Crippen LogP contribution in [0, 0.1) is 12.3 Å². The molecule has 98 valence electrons. The molecule has 3 N–H and O–H groups in total. The largest absolute Gasteiger partial charge is 0.399 e. The van der Waals surface area contributed by atoms with Crippen LogP contribution >= 0.6 is 11.8 Å². The fraction of sp³-hybridized carbons (Fsp3) is 0.333. The number of anilines is 1. The van der Waals surface area contributed by atoms with Gasteiger partial charge in [0.25, 0.3) is 0 Å². The first kappa shape index (κ1) is 14.9. The van der Waals surface area contributed by atoms with Crippen molar-refractivity contribution in [2.24, 2.45) is 0 Å². The first-order valence-electron chi connectivity index (χ1n) is 5.37. The molecular weight excluding hydrogens is 268 g/mol. The van der Waals surface area contributed by atoms with Crippen LogP contribution in [-0.4, -0.2) is 26.0 Å². The molecule has 0 bridgehead atoms. The number of terminal acetylenes is 1. The number of nitrogens with two attached hydrogens (primary N) is 1. The topological polar surface area (TPSA) is 72.2 Å². The lowest BCUT2D eigenvalue weighted by Crippen LogP contribution is -2.33. The number of benzene rings is 1. The van der Waals surface area contributed by atoms with E-state index in [0.29, 0.717) is 11.4 Å². The van der Waals surface area contributed by atoms with E-state index in [1.807, 2.05) is 18.2 Å². The van der Waals surface area contributed by atoms with Gasteiger partial charge in [-0.2, -0.15) is 0 Å². The van der Waals surface area contributed by atoms with E-state index in [1.165, 1.54) is 11.8 Å². The van der Waals surface area contributed by atoms with Crippen molar-refractivity contribution in [2.75, 3.05) is 17.2 Å². The maximum absolute atomic E-state index is 11.6. The molecule has 18 heavy (non-hydrogen) atoms. The van der Waals surface area contributed by atoms with E-state index in [9.17, 15) is 8.42 Å². The molecule has 1 rings (SSSR count). The van der Waals surface area contributed by atoms with Crippen LogP contribution in [0.4, 0.5) is 5.69 Å². The SMILES string of the molecule is C#CC(C)NS(=O)(=O)CCSc1cccc(N)c1. The number of nitrogens with one attached hydrogen (secondary N) is 1. The molecule has 0 aliphatic heterocycles. The Hall–Kier alpha value is -1.16. The zero-order valence-electron chi connectivity index (χ0n) is 10.1. The lowest BCUT2D eigenvalue weighted by atomic mass is 10.3. The van der Waals surface area contributed by atoms with Gasteiger partial charge in [0.15, 0.2) is 0 Å². The van der Waals surface area contributed by atoms with Gasteiger partial charge in [0.2, 0.25) is 10.0 Å².